The highest BCUT2D eigenvalue weighted by molar-refractivity contribution is 6.63. The first-order chi connectivity index (χ1) is 5.86. The average Bonchev–Trinajstić information content (AvgIpc) is 2.29. The minimum Gasteiger partial charge on any atom is -0.443 e. The van der Waals surface area contributed by atoms with Gasteiger partial charge in [-0.15, -0.1) is 0 Å². The van der Waals surface area contributed by atoms with Gasteiger partial charge in [-0.1, -0.05) is 48.4 Å². The van der Waals surface area contributed by atoms with E-state index in [1.807, 2.05) is 36.4 Å². The zero-order chi connectivity index (χ0) is 8.39. The van der Waals surface area contributed by atoms with Crippen LogP contribution in [0.3, 0.4) is 0 Å². The molecule has 0 atom stereocenters. The summed E-state index contributed by atoms with van der Waals surface area (Å²) in [6, 6.07) is 8.06. The smallest absolute Gasteiger partial charge is 0.343 e. The number of hydrogen-bond donors (Lipinski definition) is 1. The normalized spacial score (nSPS) is 14.2. The van der Waals surface area contributed by atoms with Crippen LogP contribution in [0.1, 0.15) is 11.1 Å². The molecule has 0 radical (unpaired) electrons. The van der Waals surface area contributed by atoms with Gasteiger partial charge in [-0.2, -0.15) is 0 Å². The Morgan fingerprint density at radius 2 is 1.42 bits per heavy atom. The van der Waals surface area contributed by atoms with Crippen molar-refractivity contribution < 1.29 is 5.02 Å². The summed E-state index contributed by atoms with van der Waals surface area (Å²) in [4.78, 5) is 0. The van der Waals surface area contributed by atoms with Crippen LogP contribution < -0.4 is 0 Å². The van der Waals surface area contributed by atoms with E-state index < -0.39 is 6.92 Å². The highest BCUT2D eigenvalue weighted by Gasteiger charge is 2.04. The van der Waals surface area contributed by atoms with Crippen molar-refractivity contribution in [3.8, 4) is 0 Å². The highest BCUT2D eigenvalue weighted by Crippen LogP contribution is 2.15. The SMILES string of the molecule is OB1C=Cc2ccccc2C=C1. The van der Waals surface area contributed by atoms with E-state index in [0.717, 1.165) is 11.1 Å². The van der Waals surface area contributed by atoms with Gasteiger partial charge >= 0.3 is 6.92 Å². The van der Waals surface area contributed by atoms with Crippen molar-refractivity contribution in [1.82, 2.24) is 0 Å². The molecule has 0 saturated carbocycles. The largest absolute Gasteiger partial charge is 0.443 e. The fraction of sp³-hybridized carbons (Fsp3) is 0. The van der Waals surface area contributed by atoms with Gasteiger partial charge in [0, 0.05) is 0 Å². The lowest BCUT2D eigenvalue weighted by atomic mass is 9.69. The fourth-order valence-corrected chi connectivity index (χ4v) is 1.28. The first-order valence-electron chi connectivity index (χ1n) is 4.00. The van der Waals surface area contributed by atoms with Gasteiger partial charge in [0.25, 0.3) is 0 Å². The molecule has 0 saturated heterocycles. The third kappa shape index (κ3) is 1.34. The van der Waals surface area contributed by atoms with E-state index in [0.29, 0.717) is 0 Å². The van der Waals surface area contributed by atoms with E-state index in [1.54, 1.807) is 12.0 Å². The predicted molar refractivity (Wildman–Crippen MR) is 52.5 cm³/mol. The molecule has 0 spiro atoms. The summed E-state index contributed by atoms with van der Waals surface area (Å²) in [6.45, 7) is -0.447. The summed E-state index contributed by atoms with van der Waals surface area (Å²) in [7, 11) is 0. The molecule has 1 aliphatic heterocycles. The van der Waals surface area contributed by atoms with Crippen LogP contribution in [0.15, 0.2) is 36.2 Å². The van der Waals surface area contributed by atoms with E-state index in [1.165, 1.54) is 0 Å². The molecule has 1 aliphatic rings. The van der Waals surface area contributed by atoms with Gasteiger partial charge in [0.1, 0.15) is 0 Å². The minimum atomic E-state index is -0.447. The minimum absolute atomic E-state index is 0.447. The van der Waals surface area contributed by atoms with Crippen molar-refractivity contribution in [1.29, 1.82) is 0 Å². The fourth-order valence-electron chi connectivity index (χ4n) is 1.28. The Morgan fingerprint density at radius 1 is 0.917 bits per heavy atom. The van der Waals surface area contributed by atoms with Crippen molar-refractivity contribution in [2.24, 2.45) is 0 Å². The Balaban J connectivity index is 2.52. The molecule has 0 bridgehead atoms. The molecule has 1 aromatic carbocycles. The molecule has 58 valence electrons. The van der Waals surface area contributed by atoms with E-state index in [9.17, 15) is 5.02 Å². The van der Waals surface area contributed by atoms with Gasteiger partial charge in [-0.25, -0.2) is 0 Å². The van der Waals surface area contributed by atoms with Crippen molar-refractivity contribution in [2.45, 2.75) is 0 Å². The predicted octanol–water partition coefficient (Wildman–Crippen LogP) is 1.79. The molecule has 0 unspecified atom stereocenters. The summed E-state index contributed by atoms with van der Waals surface area (Å²) in [6.07, 6.45) is 3.89. The topological polar surface area (TPSA) is 20.2 Å². The third-order valence-electron chi connectivity index (χ3n) is 1.94. The lowest BCUT2D eigenvalue weighted by molar-refractivity contribution is 0.599. The monoisotopic (exact) mass is 156 g/mol. The molecule has 1 nitrogen and oxygen atoms in total. The molecule has 0 aliphatic carbocycles. The zero-order valence-electron chi connectivity index (χ0n) is 6.64. The zero-order valence-corrected chi connectivity index (χ0v) is 6.64. The average molecular weight is 156 g/mol. The Bertz CT molecular complexity index is 308. The van der Waals surface area contributed by atoms with Crippen molar-refractivity contribution in [2.75, 3.05) is 0 Å². The summed E-state index contributed by atoms with van der Waals surface area (Å²) in [5, 5.41) is 9.29. The Kier molecular flexibility index (Phi) is 1.84. The van der Waals surface area contributed by atoms with Crippen molar-refractivity contribution in [3.63, 3.8) is 0 Å². The molecule has 12 heavy (non-hydrogen) atoms. The van der Waals surface area contributed by atoms with E-state index in [4.69, 9.17) is 0 Å². The lowest BCUT2D eigenvalue weighted by Crippen LogP contribution is -2.01. The van der Waals surface area contributed by atoms with Gasteiger partial charge in [0.15, 0.2) is 0 Å². The van der Waals surface area contributed by atoms with E-state index in [2.05, 4.69) is 0 Å². The van der Waals surface area contributed by atoms with Gasteiger partial charge in [0.2, 0.25) is 0 Å². The molecule has 2 heteroatoms. The summed E-state index contributed by atoms with van der Waals surface area (Å²) in [5.74, 6) is 3.56. The van der Waals surface area contributed by atoms with Crippen LogP contribution in [0.25, 0.3) is 12.2 Å². The number of fused-ring (bicyclic) bond motifs is 1. The Labute approximate surface area is 72.2 Å². The Hall–Kier alpha value is -1.28. The quantitative estimate of drug-likeness (QED) is 0.567. The third-order valence-corrected chi connectivity index (χ3v) is 1.94. The highest BCUT2D eigenvalue weighted by atomic mass is 16.2. The van der Waals surface area contributed by atoms with Gasteiger partial charge in [-0.05, 0) is 11.1 Å². The molecule has 1 aromatic rings. The van der Waals surface area contributed by atoms with Crippen LogP contribution >= 0.6 is 0 Å². The second kappa shape index (κ2) is 2.99. The second-order valence-electron chi connectivity index (χ2n) is 2.84. The van der Waals surface area contributed by atoms with Crippen molar-refractivity contribution >= 4 is 19.1 Å². The maximum Gasteiger partial charge on any atom is 0.343 e. The molecule has 1 heterocycles. The molecule has 2 rings (SSSR count). The molecular weight excluding hydrogens is 147 g/mol. The van der Waals surface area contributed by atoms with Crippen LogP contribution in [0.2, 0.25) is 0 Å². The van der Waals surface area contributed by atoms with E-state index in [-0.39, 0.29) is 0 Å². The van der Waals surface area contributed by atoms with Crippen LogP contribution in [0, 0.1) is 0 Å². The standard InChI is InChI=1S/C10H9BO/c12-11-7-5-9-3-1-2-4-10(9)6-8-11/h1-8,12H. The van der Waals surface area contributed by atoms with Gasteiger partial charge in [0.05, 0.1) is 0 Å². The first-order valence-corrected chi connectivity index (χ1v) is 4.00. The van der Waals surface area contributed by atoms with Crippen LogP contribution in [-0.4, -0.2) is 11.9 Å². The molecule has 1 N–H and O–H groups in total. The molecule has 0 amide bonds. The molecule has 0 aromatic heterocycles. The number of hydrogen-bond acceptors (Lipinski definition) is 1. The van der Waals surface area contributed by atoms with Crippen LogP contribution in [0.4, 0.5) is 0 Å². The summed E-state index contributed by atoms with van der Waals surface area (Å²) >= 11 is 0. The second-order valence-corrected chi connectivity index (χ2v) is 2.84. The van der Waals surface area contributed by atoms with Crippen LogP contribution in [0.5, 0.6) is 0 Å². The van der Waals surface area contributed by atoms with Crippen molar-refractivity contribution in [3.05, 3.63) is 47.3 Å². The maximum absolute atomic E-state index is 9.29. The van der Waals surface area contributed by atoms with Gasteiger partial charge in [-0.3, -0.25) is 0 Å². The maximum atomic E-state index is 9.29. The summed E-state index contributed by atoms with van der Waals surface area (Å²) in [5.41, 5.74) is 2.32. The Morgan fingerprint density at radius 3 is 1.92 bits per heavy atom. The number of rotatable bonds is 0. The first kappa shape index (κ1) is 7.38. The molecular formula is C10H9BO. The van der Waals surface area contributed by atoms with Crippen LogP contribution in [-0.2, 0) is 0 Å². The summed E-state index contributed by atoms with van der Waals surface area (Å²) < 4.78 is 0. The van der Waals surface area contributed by atoms with Gasteiger partial charge < -0.3 is 5.02 Å². The molecule has 0 fully saturated rings. The number of benzene rings is 1. The van der Waals surface area contributed by atoms with E-state index >= 15 is 0 Å². The lowest BCUT2D eigenvalue weighted by Gasteiger charge is -1.96.